The Bertz CT molecular complexity index is 128. The van der Waals surface area contributed by atoms with Gasteiger partial charge in [-0.25, -0.2) is 0 Å². The van der Waals surface area contributed by atoms with Crippen molar-refractivity contribution in [3.05, 3.63) is 0 Å². The fourth-order valence-electron chi connectivity index (χ4n) is 1.89. The van der Waals surface area contributed by atoms with E-state index >= 15 is 0 Å². The molecular weight excluding hydrogens is 170 g/mol. The summed E-state index contributed by atoms with van der Waals surface area (Å²) in [5.74, 6) is 1.90. The number of hydrogen-bond donors (Lipinski definition) is 2. The van der Waals surface area contributed by atoms with Crippen molar-refractivity contribution in [3.63, 3.8) is 0 Å². The number of hydrogen-bond acceptors (Lipinski definition) is 3. The summed E-state index contributed by atoms with van der Waals surface area (Å²) in [6.07, 6.45) is 1.24. The maximum absolute atomic E-state index is 9.08. The molecule has 0 aromatic rings. The monoisotopic (exact) mass is 189 g/mol. The van der Waals surface area contributed by atoms with Crippen molar-refractivity contribution in [2.75, 3.05) is 32.0 Å². The molecule has 1 rings (SSSR count). The zero-order chi connectivity index (χ0) is 8.97. The van der Waals surface area contributed by atoms with Gasteiger partial charge in [0.25, 0.3) is 0 Å². The molecule has 2 unspecified atom stereocenters. The van der Waals surface area contributed by atoms with Gasteiger partial charge in [0.2, 0.25) is 0 Å². The van der Waals surface area contributed by atoms with Crippen molar-refractivity contribution < 1.29 is 5.11 Å². The zero-order valence-corrected chi connectivity index (χ0v) is 8.63. The Hall–Kier alpha value is 0.270. The normalized spacial score (nSPS) is 27.8. The fourth-order valence-corrected chi connectivity index (χ4v) is 2.30. The van der Waals surface area contributed by atoms with E-state index in [1.165, 1.54) is 13.0 Å². The number of rotatable bonds is 4. The molecule has 0 amide bonds. The maximum Gasteiger partial charge on any atom is 0.0470 e. The number of aliphatic hydroxyl groups excluding tert-OH is 1. The molecule has 1 saturated heterocycles. The number of nitrogens with zero attached hydrogens (tertiary/aromatic N) is 1. The van der Waals surface area contributed by atoms with Crippen LogP contribution in [-0.2, 0) is 0 Å². The second-order valence-electron chi connectivity index (χ2n) is 3.57. The third kappa shape index (κ3) is 2.38. The Morgan fingerprint density at radius 2 is 2.42 bits per heavy atom. The minimum Gasteiger partial charge on any atom is -0.396 e. The number of likely N-dealkylation sites (tertiary alicyclic amines) is 1. The van der Waals surface area contributed by atoms with Crippen LogP contribution in [-0.4, -0.2) is 42.0 Å². The van der Waals surface area contributed by atoms with Crippen LogP contribution in [0.1, 0.15) is 13.3 Å². The molecule has 3 heteroatoms. The lowest BCUT2D eigenvalue weighted by Crippen LogP contribution is -2.25. The first-order valence-corrected chi connectivity index (χ1v) is 5.39. The van der Waals surface area contributed by atoms with E-state index in [9.17, 15) is 0 Å². The van der Waals surface area contributed by atoms with Crippen LogP contribution in [0, 0.1) is 11.8 Å². The second-order valence-corrected chi connectivity index (χ2v) is 3.93. The molecule has 0 saturated carbocycles. The van der Waals surface area contributed by atoms with Gasteiger partial charge in [0.1, 0.15) is 0 Å². The molecule has 0 spiro atoms. The fraction of sp³-hybridized carbons (Fsp3) is 1.00. The van der Waals surface area contributed by atoms with E-state index in [1.807, 2.05) is 0 Å². The third-order valence-corrected chi connectivity index (χ3v) is 3.36. The first-order chi connectivity index (χ1) is 5.81. The molecular formula is C9H19NOS. The average Bonchev–Trinajstić information content (AvgIpc) is 2.55. The first-order valence-electron chi connectivity index (χ1n) is 4.75. The van der Waals surface area contributed by atoms with Crippen LogP contribution < -0.4 is 0 Å². The lowest BCUT2D eigenvalue weighted by atomic mass is 9.94. The Kier molecular flexibility index (Phi) is 4.40. The highest BCUT2D eigenvalue weighted by molar-refractivity contribution is 7.80. The van der Waals surface area contributed by atoms with Gasteiger partial charge in [-0.3, -0.25) is 0 Å². The van der Waals surface area contributed by atoms with Crippen LogP contribution in [0.4, 0.5) is 0 Å². The van der Waals surface area contributed by atoms with Gasteiger partial charge in [0, 0.05) is 13.2 Å². The van der Waals surface area contributed by atoms with Crippen molar-refractivity contribution in [3.8, 4) is 0 Å². The lowest BCUT2D eigenvalue weighted by molar-refractivity contribution is 0.191. The first kappa shape index (κ1) is 10.4. The molecule has 72 valence electrons. The molecule has 0 bridgehead atoms. The van der Waals surface area contributed by atoms with Gasteiger partial charge < -0.3 is 10.0 Å². The van der Waals surface area contributed by atoms with Gasteiger partial charge in [0.15, 0.2) is 0 Å². The smallest absolute Gasteiger partial charge is 0.0470 e. The molecule has 1 N–H and O–H groups in total. The van der Waals surface area contributed by atoms with E-state index in [1.54, 1.807) is 0 Å². The molecule has 2 nitrogen and oxygen atoms in total. The predicted molar refractivity (Wildman–Crippen MR) is 54.6 cm³/mol. The summed E-state index contributed by atoms with van der Waals surface area (Å²) < 4.78 is 0. The molecule has 0 radical (unpaired) electrons. The number of thiol groups is 1. The maximum atomic E-state index is 9.08. The minimum absolute atomic E-state index is 0.297. The van der Waals surface area contributed by atoms with Crippen LogP contribution in [0.25, 0.3) is 0 Å². The SMILES string of the molecule is CCN1CCC(C(CO)CS)C1. The third-order valence-electron chi connectivity index (χ3n) is 2.89. The van der Waals surface area contributed by atoms with Crippen molar-refractivity contribution in [1.29, 1.82) is 0 Å². The second kappa shape index (κ2) is 5.10. The van der Waals surface area contributed by atoms with Crippen LogP contribution in [0.3, 0.4) is 0 Å². The van der Waals surface area contributed by atoms with E-state index < -0.39 is 0 Å². The van der Waals surface area contributed by atoms with E-state index in [-0.39, 0.29) is 0 Å². The summed E-state index contributed by atoms with van der Waals surface area (Å²) in [4.78, 5) is 2.44. The highest BCUT2D eigenvalue weighted by Gasteiger charge is 2.27. The van der Waals surface area contributed by atoms with Crippen molar-refractivity contribution in [1.82, 2.24) is 4.90 Å². The summed E-state index contributed by atoms with van der Waals surface area (Å²) in [5, 5.41) is 9.08. The van der Waals surface area contributed by atoms with Gasteiger partial charge in [-0.15, -0.1) is 0 Å². The number of aliphatic hydroxyl groups is 1. The molecule has 1 fully saturated rings. The van der Waals surface area contributed by atoms with E-state index in [2.05, 4.69) is 24.5 Å². The Labute approximate surface area is 80.4 Å². The molecule has 0 aromatic carbocycles. The molecule has 2 atom stereocenters. The molecule has 12 heavy (non-hydrogen) atoms. The van der Waals surface area contributed by atoms with Crippen molar-refractivity contribution >= 4 is 12.6 Å². The Morgan fingerprint density at radius 3 is 2.83 bits per heavy atom. The van der Waals surface area contributed by atoms with Crippen LogP contribution in [0.15, 0.2) is 0 Å². The largest absolute Gasteiger partial charge is 0.396 e. The van der Waals surface area contributed by atoms with E-state index in [0.717, 1.165) is 18.8 Å². The van der Waals surface area contributed by atoms with Crippen LogP contribution >= 0.6 is 12.6 Å². The standard InChI is InChI=1S/C9H19NOS/c1-2-10-4-3-8(5-10)9(6-11)7-12/h8-9,11-12H,2-7H2,1H3. The topological polar surface area (TPSA) is 23.5 Å². The van der Waals surface area contributed by atoms with Gasteiger partial charge in [-0.2, -0.15) is 12.6 Å². The Balaban J connectivity index is 2.34. The Morgan fingerprint density at radius 1 is 1.67 bits per heavy atom. The highest BCUT2D eigenvalue weighted by Crippen LogP contribution is 2.24. The predicted octanol–water partition coefficient (Wildman–Crippen LogP) is 0.867. The van der Waals surface area contributed by atoms with Crippen molar-refractivity contribution in [2.24, 2.45) is 11.8 Å². The zero-order valence-electron chi connectivity index (χ0n) is 7.74. The van der Waals surface area contributed by atoms with Crippen LogP contribution in [0.5, 0.6) is 0 Å². The van der Waals surface area contributed by atoms with Crippen LogP contribution in [0.2, 0.25) is 0 Å². The van der Waals surface area contributed by atoms with Gasteiger partial charge in [-0.05, 0) is 37.1 Å². The van der Waals surface area contributed by atoms with Gasteiger partial charge in [0.05, 0.1) is 0 Å². The minimum atomic E-state index is 0.297. The van der Waals surface area contributed by atoms with E-state index in [4.69, 9.17) is 5.11 Å². The highest BCUT2D eigenvalue weighted by atomic mass is 32.1. The van der Waals surface area contributed by atoms with Gasteiger partial charge in [-0.1, -0.05) is 6.92 Å². The summed E-state index contributed by atoms with van der Waals surface area (Å²) in [5.41, 5.74) is 0. The quantitative estimate of drug-likeness (QED) is 0.641. The van der Waals surface area contributed by atoms with E-state index in [0.29, 0.717) is 18.4 Å². The molecule has 1 aliphatic rings. The lowest BCUT2D eigenvalue weighted by Gasteiger charge is -2.19. The summed E-state index contributed by atoms with van der Waals surface area (Å²) in [6, 6.07) is 0. The molecule has 0 aliphatic carbocycles. The van der Waals surface area contributed by atoms with Crippen molar-refractivity contribution in [2.45, 2.75) is 13.3 Å². The molecule has 1 aliphatic heterocycles. The molecule has 0 aromatic heterocycles. The summed E-state index contributed by atoms with van der Waals surface area (Å²) >= 11 is 4.25. The van der Waals surface area contributed by atoms with Gasteiger partial charge >= 0.3 is 0 Å². The summed E-state index contributed by atoms with van der Waals surface area (Å²) in [6.45, 7) is 5.98. The average molecular weight is 189 g/mol. The summed E-state index contributed by atoms with van der Waals surface area (Å²) in [7, 11) is 0. The molecule has 1 heterocycles.